The molecule has 0 N–H and O–H groups in total. The van der Waals surface area contributed by atoms with E-state index in [0.717, 1.165) is 4.57 Å². The van der Waals surface area contributed by atoms with Crippen LogP contribution in [0.5, 0.6) is 0 Å². The van der Waals surface area contributed by atoms with Crippen molar-refractivity contribution in [2.45, 2.75) is 6.30 Å². The van der Waals surface area contributed by atoms with Gasteiger partial charge in [0.25, 0.3) is 11.5 Å². The number of amides is 1. The number of aromatic nitrogens is 1. The number of benzene rings is 2. The molecular formula is C26H20F2N4O2S. The van der Waals surface area contributed by atoms with Crippen molar-refractivity contribution in [3.63, 3.8) is 0 Å². The second kappa shape index (κ2) is 9.31. The number of nitrogens with zero attached hydrogens (tertiary/aromatic N) is 4. The zero-order valence-electron chi connectivity index (χ0n) is 18.5. The molecule has 0 radical (unpaired) electrons. The zero-order chi connectivity index (χ0) is 24.5. The molecule has 176 valence electrons. The first kappa shape index (κ1) is 22.7. The Bertz CT molecular complexity index is 1490. The van der Waals surface area contributed by atoms with Gasteiger partial charge in [-0.15, -0.1) is 11.3 Å². The van der Waals surface area contributed by atoms with Crippen molar-refractivity contribution in [2.24, 2.45) is 0 Å². The number of hydrogen-bond acceptors (Lipinski definition) is 5. The van der Waals surface area contributed by atoms with Crippen LogP contribution >= 0.6 is 11.3 Å². The number of rotatable bonds is 4. The van der Waals surface area contributed by atoms with E-state index in [1.54, 1.807) is 46.2 Å². The predicted octanol–water partition coefficient (Wildman–Crippen LogP) is 4.55. The zero-order valence-corrected chi connectivity index (χ0v) is 19.3. The molecule has 1 unspecified atom stereocenters. The van der Waals surface area contributed by atoms with Crippen LogP contribution in [0.4, 0.5) is 14.5 Å². The summed E-state index contributed by atoms with van der Waals surface area (Å²) in [5, 5.41) is 12.0. The van der Waals surface area contributed by atoms with E-state index in [1.165, 1.54) is 29.5 Å². The Morgan fingerprint density at radius 2 is 1.77 bits per heavy atom. The highest BCUT2D eigenvalue weighted by Gasteiger charge is 2.29. The molecule has 1 saturated heterocycles. The minimum Gasteiger partial charge on any atom is -0.366 e. The lowest BCUT2D eigenvalue weighted by Crippen LogP contribution is -2.49. The van der Waals surface area contributed by atoms with Gasteiger partial charge in [0.05, 0.1) is 16.1 Å². The normalized spacial score (nSPS) is 14.7. The standard InChI is InChI=1S/C26H20F2N4O2S/c27-18-8-9-21-19(15-18)23(30-10-12-31(13-11-30)26(34)22-7-4-14-35-22)20(16-29)25(33)32(21)24(28)17-5-2-1-3-6-17/h1-9,14-15,24H,10-13H2. The summed E-state index contributed by atoms with van der Waals surface area (Å²) in [5.74, 6) is -0.635. The molecule has 4 aromatic rings. The monoisotopic (exact) mass is 490 g/mol. The van der Waals surface area contributed by atoms with Gasteiger partial charge in [0.2, 0.25) is 6.30 Å². The molecule has 0 aliphatic carbocycles. The van der Waals surface area contributed by atoms with Gasteiger partial charge in [-0.2, -0.15) is 5.26 Å². The van der Waals surface area contributed by atoms with Gasteiger partial charge in [-0.3, -0.25) is 14.2 Å². The Morgan fingerprint density at radius 3 is 2.43 bits per heavy atom. The minimum absolute atomic E-state index is 0.0744. The summed E-state index contributed by atoms with van der Waals surface area (Å²) in [5.41, 5.74) is -0.321. The Balaban J connectivity index is 1.58. The lowest BCUT2D eigenvalue weighted by Gasteiger charge is -2.37. The van der Waals surface area contributed by atoms with Crippen LogP contribution in [0.15, 0.2) is 70.8 Å². The van der Waals surface area contributed by atoms with Crippen molar-refractivity contribution in [2.75, 3.05) is 31.1 Å². The first-order chi connectivity index (χ1) is 17.0. The number of carbonyl (C=O) groups is 1. The number of carbonyl (C=O) groups excluding carboxylic acids is 1. The van der Waals surface area contributed by atoms with Crippen LogP contribution in [0.25, 0.3) is 10.9 Å². The second-order valence-electron chi connectivity index (χ2n) is 8.18. The molecule has 5 rings (SSSR count). The summed E-state index contributed by atoms with van der Waals surface area (Å²) in [6, 6.07) is 17.4. The summed E-state index contributed by atoms with van der Waals surface area (Å²) in [6.45, 7) is 1.44. The highest BCUT2D eigenvalue weighted by molar-refractivity contribution is 7.12. The summed E-state index contributed by atoms with van der Waals surface area (Å²) < 4.78 is 30.9. The number of thiophene rings is 1. The van der Waals surface area contributed by atoms with Crippen LogP contribution in [-0.2, 0) is 0 Å². The molecule has 9 heteroatoms. The molecule has 1 atom stereocenters. The smallest absolute Gasteiger partial charge is 0.273 e. The molecule has 1 fully saturated rings. The van der Waals surface area contributed by atoms with Crippen LogP contribution in [-0.4, -0.2) is 41.6 Å². The van der Waals surface area contributed by atoms with Crippen molar-refractivity contribution in [1.29, 1.82) is 5.26 Å². The maximum Gasteiger partial charge on any atom is 0.273 e. The van der Waals surface area contributed by atoms with Gasteiger partial charge in [-0.05, 0) is 29.6 Å². The Hall–Kier alpha value is -4.03. The minimum atomic E-state index is -1.85. The molecule has 35 heavy (non-hydrogen) atoms. The fourth-order valence-corrected chi connectivity index (χ4v) is 5.17. The molecule has 1 aliphatic rings. The van der Waals surface area contributed by atoms with Crippen molar-refractivity contribution < 1.29 is 13.6 Å². The predicted molar refractivity (Wildman–Crippen MR) is 131 cm³/mol. The van der Waals surface area contributed by atoms with E-state index in [-0.39, 0.29) is 33.6 Å². The van der Waals surface area contributed by atoms with Gasteiger partial charge in [-0.1, -0.05) is 36.4 Å². The average Bonchev–Trinajstić information content (AvgIpc) is 3.43. The first-order valence-electron chi connectivity index (χ1n) is 11.0. The lowest BCUT2D eigenvalue weighted by molar-refractivity contribution is 0.0751. The average molecular weight is 491 g/mol. The number of halogens is 2. The number of anilines is 1. The van der Waals surface area contributed by atoms with Crippen molar-refractivity contribution in [3.05, 3.63) is 98.2 Å². The fourth-order valence-electron chi connectivity index (χ4n) is 4.48. The fraction of sp³-hybridized carbons (Fsp3) is 0.192. The van der Waals surface area contributed by atoms with Crippen molar-refractivity contribution in [3.8, 4) is 6.07 Å². The maximum absolute atomic E-state index is 15.6. The highest BCUT2D eigenvalue weighted by Crippen LogP contribution is 2.33. The van der Waals surface area contributed by atoms with Crippen LogP contribution < -0.4 is 10.5 Å². The number of pyridine rings is 1. The summed E-state index contributed by atoms with van der Waals surface area (Å²) >= 11 is 1.37. The Kier molecular flexibility index (Phi) is 6.05. The Labute approximate surface area is 203 Å². The largest absolute Gasteiger partial charge is 0.366 e. The number of fused-ring (bicyclic) bond motifs is 1. The molecule has 0 spiro atoms. The van der Waals surface area contributed by atoms with Crippen LogP contribution in [0.3, 0.4) is 0 Å². The van der Waals surface area contributed by atoms with E-state index < -0.39 is 17.7 Å². The van der Waals surface area contributed by atoms with Gasteiger partial charge < -0.3 is 9.80 Å². The van der Waals surface area contributed by atoms with Crippen molar-refractivity contribution in [1.82, 2.24) is 9.47 Å². The van der Waals surface area contributed by atoms with Crippen LogP contribution in [0.1, 0.15) is 27.1 Å². The van der Waals surface area contributed by atoms with Crippen molar-refractivity contribution >= 4 is 33.8 Å². The number of piperazine rings is 1. The maximum atomic E-state index is 15.6. The van der Waals surface area contributed by atoms with E-state index in [0.29, 0.717) is 31.1 Å². The molecular weight excluding hydrogens is 470 g/mol. The molecule has 2 aromatic carbocycles. The van der Waals surface area contributed by atoms with E-state index in [4.69, 9.17) is 0 Å². The molecule has 1 aliphatic heterocycles. The summed E-state index contributed by atoms with van der Waals surface area (Å²) in [4.78, 5) is 30.3. The van der Waals surface area contributed by atoms with E-state index in [1.807, 2.05) is 17.5 Å². The molecule has 3 heterocycles. The number of nitriles is 1. The SMILES string of the molecule is N#Cc1c(N2CCN(C(=O)c3cccs3)CC2)c2cc(F)ccc2n(C(F)c2ccccc2)c1=O. The van der Waals surface area contributed by atoms with Gasteiger partial charge in [0.1, 0.15) is 17.4 Å². The van der Waals surface area contributed by atoms with Gasteiger partial charge in [-0.25, -0.2) is 8.78 Å². The topological polar surface area (TPSA) is 69.3 Å². The number of alkyl halides is 1. The molecule has 6 nitrogen and oxygen atoms in total. The Morgan fingerprint density at radius 1 is 1.03 bits per heavy atom. The molecule has 0 bridgehead atoms. The summed E-state index contributed by atoms with van der Waals surface area (Å²) in [7, 11) is 0. The van der Waals surface area contributed by atoms with Crippen LogP contribution in [0.2, 0.25) is 0 Å². The first-order valence-corrected chi connectivity index (χ1v) is 11.9. The van der Waals surface area contributed by atoms with E-state index in [2.05, 4.69) is 0 Å². The summed E-state index contributed by atoms with van der Waals surface area (Å²) in [6.07, 6.45) is -1.85. The van der Waals surface area contributed by atoms with Gasteiger partial charge >= 0.3 is 0 Å². The quantitative estimate of drug-likeness (QED) is 0.421. The lowest BCUT2D eigenvalue weighted by atomic mass is 10.1. The van der Waals surface area contributed by atoms with Gasteiger partial charge in [0, 0.05) is 37.1 Å². The third-order valence-corrected chi connectivity index (χ3v) is 7.03. The third-order valence-electron chi connectivity index (χ3n) is 6.17. The molecule has 0 saturated carbocycles. The van der Waals surface area contributed by atoms with Crippen LogP contribution in [0, 0.1) is 17.1 Å². The number of hydrogen-bond donors (Lipinski definition) is 0. The van der Waals surface area contributed by atoms with Gasteiger partial charge in [0.15, 0.2) is 0 Å². The second-order valence-corrected chi connectivity index (χ2v) is 9.12. The van der Waals surface area contributed by atoms with E-state index in [9.17, 15) is 19.2 Å². The third kappa shape index (κ3) is 4.06. The highest BCUT2D eigenvalue weighted by atomic mass is 32.1. The van der Waals surface area contributed by atoms with E-state index >= 15 is 4.39 Å². The molecule has 2 aromatic heterocycles. The molecule has 1 amide bonds.